The highest BCUT2D eigenvalue weighted by Gasteiger charge is 2.03. The molecular formula is C15H23N3O2. The molecule has 0 aliphatic carbocycles. The largest absolute Gasteiger partial charge is 0.356 e. The lowest BCUT2D eigenvalue weighted by Crippen LogP contribution is -2.33. The quantitative estimate of drug-likeness (QED) is 0.617. The van der Waals surface area contributed by atoms with Gasteiger partial charge in [-0.25, -0.2) is 0 Å². The summed E-state index contributed by atoms with van der Waals surface area (Å²) in [7, 11) is 0. The van der Waals surface area contributed by atoms with Crippen LogP contribution in [0.2, 0.25) is 0 Å². The molecule has 0 aliphatic heterocycles. The maximum atomic E-state index is 11.8. The third-order valence-electron chi connectivity index (χ3n) is 2.80. The Kier molecular flexibility index (Phi) is 7.35. The summed E-state index contributed by atoms with van der Waals surface area (Å²) in [6.07, 6.45) is 0.458. The second kappa shape index (κ2) is 9.09. The number of amides is 2. The molecule has 0 aromatic heterocycles. The first-order valence-electron chi connectivity index (χ1n) is 6.95. The highest BCUT2D eigenvalue weighted by Crippen LogP contribution is 2.02. The van der Waals surface area contributed by atoms with Crippen LogP contribution in [-0.4, -0.2) is 38.0 Å². The van der Waals surface area contributed by atoms with Gasteiger partial charge in [-0.3, -0.25) is 9.59 Å². The molecule has 5 nitrogen and oxygen atoms in total. The van der Waals surface area contributed by atoms with Gasteiger partial charge < -0.3 is 16.0 Å². The molecule has 3 N–H and O–H groups in total. The van der Waals surface area contributed by atoms with Crippen molar-refractivity contribution in [3.63, 3.8) is 0 Å². The fourth-order valence-electron chi connectivity index (χ4n) is 1.68. The van der Waals surface area contributed by atoms with Crippen molar-refractivity contribution < 1.29 is 9.59 Å². The summed E-state index contributed by atoms with van der Waals surface area (Å²) in [6, 6.07) is 7.46. The van der Waals surface area contributed by atoms with Gasteiger partial charge in [0.25, 0.3) is 5.91 Å². The molecule has 20 heavy (non-hydrogen) atoms. The van der Waals surface area contributed by atoms with Crippen LogP contribution >= 0.6 is 0 Å². The molecule has 0 unspecified atom stereocenters. The normalized spacial score (nSPS) is 10.1. The Morgan fingerprint density at radius 1 is 1.00 bits per heavy atom. The van der Waals surface area contributed by atoms with Gasteiger partial charge in [-0.1, -0.05) is 17.7 Å². The fraction of sp³-hybridized carbons (Fsp3) is 0.467. The molecule has 0 fully saturated rings. The summed E-state index contributed by atoms with van der Waals surface area (Å²) >= 11 is 0. The van der Waals surface area contributed by atoms with Gasteiger partial charge in [0.15, 0.2) is 0 Å². The number of nitrogens with one attached hydrogen (secondary N) is 3. The van der Waals surface area contributed by atoms with Gasteiger partial charge in [0.2, 0.25) is 5.91 Å². The van der Waals surface area contributed by atoms with Crippen LogP contribution in [0.5, 0.6) is 0 Å². The van der Waals surface area contributed by atoms with Crippen LogP contribution in [0.25, 0.3) is 0 Å². The second-order valence-corrected chi connectivity index (χ2v) is 4.58. The third-order valence-corrected chi connectivity index (χ3v) is 2.80. The van der Waals surface area contributed by atoms with Crippen molar-refractivity contribution in [2.45, 2.75) is 20.3 Å². The molecule has 1 aromatic carbocycles. The average molecular weight is 277 g/mol. The number of aryl methyl sites for hydroxylation is 1. The SMILES string of the molecule is CCNC(=O)CCNCCNC(=O)c1ccc(C)cc1. The maximum Gasteiger partial charge on any atom is 0.251 e. The molecule has 0 bridgehead atoms. The lowest BCUT2D eigenvalue weighted by Gasteiger charge is -2.07. The molecule has 110 valence electrons. The van der Waals surface area contributed by atoms with E-state index in [-0.39, 0.29) is 11.8 Å². The van der Waals surface area contributed by atoms with E-state index < -0.39 is 0 Å². The van der Waals surface area contributed by atoms with Gasteiger partial charge in [-0.05, 0) is 26.0 Å². The predicted octanol–water partition coefficient (Wildman–Crippen LogP) is 0.841. The van der Waals surface area contributed by atoms with Crippen molar-refractivity contribution in [2.24, 2.45) is 0 Å². The number of benzene rings is 1. The van der Waals surface area contributed by atoms with Crippen LogP contribution in [0.3, 0.4) is 0 Å². The molecule has 0 aliphatic rings. The molecule has 5 heteroatoms. The number of hydrogen-bond acceptors (Lipinski definition) is 3. The smallest absolute Gasteiger partial charge is 0.251 e. The highest BCUT2D eigenvalue weighted by molar-refractivity contribution is 5.94. The first kappa shape index (κ1) is 16.2. The topological polar surface area (TPSA) is 70.2 Å². The molecule has 0 heterocycles. The maximum absolute atomic E-state index is 11.8. The number of hydrogen-bond donors (Lipinski definition) is 3. The van der Waals surface area contributed by atoms with Gasteiger partial charge >= 0.3 is 0 Å². The van der Waals surface area contributed by atoms with Crippen molar-refractivity contribution in [2.75, 3.05) is 26.2 Å². The average Bonchev–Trinajstić information content (AvgIpc) is 2.43. The Morgan fingerprint density at radius 3 is 2.35 bits per heavy atom. The van der Waals surface area contributed by atoms with E-state index in [9.17, 15) is 9.59 Å². The minimum absolute atomic E-state index is 0.0451. The molecule has 1 rings (SSSR count). The van der Waals surface area contributed by atoms with Gasteiger partial charge in [0.1, 0.15) is 0 Å². The summed E-state index contributed by atoms with van der Waals surface area (Å²) in [5.41, 5.74) is 1.80. The summed E-state index contributed by atoms with van der Waals surface area (Å²) in [6.45, 7) is 6.35. The highest BCUT2D eigenvalue weighted by atomic mass is 16.2. The predicted molar refractivity (Wildman–Crippen MR) is 79.7 cm³/mol. The summed E-state index contributed by atoms with van der Waals surface area (Å²) in [4.78, 5) is 23.0. The Labute approximate surface area is 120 Å². The zero-order chi connectivity index (χ0) is 14.8. The number of carbonyl (C=O) groups excluding carboxylic acids is 2. The summed E-state index contributed by atoms with van der Waals surface area (Å²) in [5.74, 6) is -0.0285. The molecule has 0 atom stereocenters. The van der Waals surface area contributed by atoms with E-state index in [1.54, 1.807) is 0 Å². The van der Waals surface area contributed by atoms with Crippen molar-refractivity contribution in [3.05, 3.63) is 35.4 Å². The number of carbonyl (C=O) groups is 2. The van der Waals surface area contributed by atoms with Crippen LogP contribution < -0.4 is 16.0 Å². The zero-order valence-electron chi connectivity index (χ0n) is 12.2. The van der Waals surface area contributed by atoms with E-state index in [4.69, 9.17) is 0 Å². The van der Waals surface area contributed by atoms with Crippen LogP contribution in [0.4, 0.5) is 0 Å². The molecule has 1 aromatic rings. The van der Waals surface area contributed by atoms with E-state index in [1.807, 2.05) is 38.1 Å². The van der Waals surface area contributed by atoms with Gasteiger partial charge in [-0.15, -0.1) is 0 Å². The molecular weight excluding hydrogens is 254 g/mol. The Bertz CT molecular complexity index is 429. The molecule has 0 radical (unpaired) electrons. The van der Waals surface area contributed by atoms with Gasteiger partial charge in [0, 0.05) is 38.2 Å². The summed E-state index contributed by atoms with van der Waals surface area (Å²) < 4.78 is 0. The Morgan fingerprint density at radius 2 is 1.70 bits per heavy atom. The van der Waals surface area contributed by atoms with Crippen molar-refractivity contribution in [1.82, 2.24) is 16.0 Å². The molecule has 0 saturated heterocycles. The minimum atomic E-state index is -0.0736. The van der Waals surface area contributed by atoms with Crippen molar-refractivity contribution in [1.29, 1.82) is 0 Å². The lowest BCUT2D eigenvalue weighted by atomic mass is 10.1. The monoisotopic (exact) mass is 277 g/mol. The van der Waals surface area contributed by atoms with Crippen LogP contribution in [0.1, 0.15) is 29.3 Å². The first-order chi connectivity index (χ1) is 9.63. The van der Waals surface area contributed by atoms with Crippen LogP contribution in [-0.2, 0) is 4.79 Å². The van der Waals surface area contributed by atoms with Crippen LogP contribution in [0, 0.1) is 6.92 Å². The standard InChI is InChI=1S/C15H23N3O2/c1-3-17-14(19)8-9-16-10-11-18-15(20)13-6-4-12(2)5-7-13/h4-7,16H,3,8-11H2,1-2H3,(H,17,19)(H,18,20). The third kappa shape index (κ3) is 6.33. The van der Waals surface area contributed by atoms with E-state index in [0.717, 1.165) is 5.56 Å². The lowest BCUT2D eigenvalue weighted by molar-refractivity contribution is -0.120. The van der Waals surface area contributed by atoms with Crippen LogP contribution in [0.15, 0.2) is 24.3 Å². The van der Waals surface area contributed by atoms with Gasteiger partial charge in [0.05, 0.1) is 0 Å². The molecule has 0 saturated carbocycles. The van der Waals surface area contributed by atoms with E-state index in [2.05, 4.69) is 16.0 Å². The van der Waals surface area contributed by atoms with Crippen molar-refractivity contribution >= 4 is 11.8 Å². The molecule has 0 spiro atoms. The zero-order valence-corrected chi connectivity index (χ0v) is 12.2. The van der Waals surface area contributed by atoms with Crippen molar-refractivity contribution in [3.8, 4) is 0 Å². The number of rotatable bonds is 8. The first-order valence-corrected chi connectivity index (χ1v) is 6.95. The molecule has 2 amide bonds. The minimum Gasteiger partial charge on any atom is -0.356 e. The van der Waals surface area contributed by atoms with E-state index in [0.29, 0.717) is 38.2 Å². The fourth-order valence-corrected chi connectivity index (χ4v) is 1.68. The second-order valence-electron chi connectivity index (χ2n) is 4.58. The van der Waals surface area contributed by atoms with E-state index >= 15 is 0 Å². The summed E-state index contributed by atoms with van der Waals surface area (Å²) in [5, 5.41) is 8.68. The van der Waals surface area contributed by atoms with Gasteiger partial charge in [-0.2, -0.15) is 0 Å². The Hall–Kier alpha value is -1.88. The van der Waals surface area contributed by atoms with E-state index in [1.165, 1.54) is 0 Å². The Balaban J connectivity index is 2.10.